The van der Waals surface area contributed by atoms with Gasteiger partial charge in [0.15, 0.2) is 23.1 Å². The van der Waals surface area contributed by atoms with E-state index in [1.165, 1.54) is 0 Å². The molecule has 0 saturated heterocycles. The van der Waals surface area contributed by atoms with Gasteiger partial charge in [-0.1, -0.05) is 91.0 Å². The van der Waals surface area contributed by atoms with Crippen LogP contribution in [0.1, 0.15) is 5.56 Å². The lowest BCUT2D eigenvalue weighted by Crippen LogP contribution is -2.18. The van der Waals surface area contributed by atoms with Crippen LogP contribution in [-0.4, -0.2) is 25.8 Å². The molecular weight excluding hydrogens is 384 g/mol. The van der Waals surface area contributed by atoms with E-state index in [0.29, 0.717) is 34.8 Å². The monoisotopic (exact) mass is 400 g/mol. The molecule has 6 nitrogen and oxygen atoms in total. The highest BCUT2D eigenvalue weighted by molar-refractivity contribution is 6.16. The van der Waals surface area contributed by atoms with E-state index in [1.807, 2.05) is 91.0 Å². The third-order valence-electron chi connectivity index (χ3n) is 5.10. The molecule has 146 valence electrons. The summed E-state index contributed by atoms with van der Waals surface area (Å²) in [7, 11) is 0. The fraction of sp³-hybridized carbons (Fsp3) is 0. The molecule has 31 heavy (non-hydrogen) atoms. The molecule has 6 rings (SSSR count). The molecule has 0 amide bonds. The highest BCUT2D eigenvalue weighted by Gasteiger charge is 2.23. The second-order valence-electron chi connectivity index (χ2n) is 7.15. The van der Waals surface area contributed by atoms with E-state index in [9.17, 15) is 0 Å². The Balaban J connectivity index is 1.62. The molecule has 0 saturated carbocycles. The molecule has 0 radical (unpaired) electrons. The van der Waals surface area contributed by atoms with Crippen molar-refractivity contribution in [3.63, 3.8) is 0 Å². The zero-order valence-electron chi connectivity index (χ0n) is 16.4. The molecule has 3 heterocycles. The van der Waals surface area contributed by atoms with E-state index < -0.39 is 0 Å². The minimum Gasteiger partial charge on any atom is -0.324 e. The number of benzene rings is 3. The zero-order valence-corrected chi connectivity index (χ0v) is 16.4. The molecule has 1 aliphatic heterocycles. The molecule has 3 aromatic carbocycles. The maximum atomic E-state index is 4.80. The van der Waals surface area contributed by atoms with Crippen LogP contribution in [-0.2, 0) is 0 Å². The van der Waals surface area contributed by atoms with Crippen LogP contribution in [0.2, 0.25) is 0 Å². The van der Waals surface area contributed by atoms with Gasteiger partial charge in [0.25, 0.3) is 0 Å². The lowest BCUT2D eigenvalue weighted by Gasteiger charge is -2.18. The van der Waals surface area contributed by atoms with Crippen molar-refractivity contribution in [1.29, 1.82) is 0 Å². The molecule has 0 unspecified atom stereocenters. The van der Waals surface area contributed by atoms with Crippen molar-refractivity contribution < 1.29 is 0 Å². The van der Waals surface area contributed by atoms with E-state index in [1.54, 1.807) is 0 Å². The van der Waals surface area contributed by atoms with Crippen LogP contribution in [0.25, 0.3) is 33.8 Å². The first-order chi connectivity index (χ1) is 15.3. The Labute approximate surface area is 178 Å². The summed E-state index contributed by atoms with van der Waals surface area (Å²) < 4.78 is 0. The van der Waals surface area contributed by atoms with Crippen LogP contribution in [0.3, 0.4) is 0 Å². The average molecular weight is 400 g/mol. The van der Waals surface area contributed by atoms with Crippen LogP contribution in [0, 0.1) is 0 Å². The summed E-state index contributed by atoms with van der Waals surface area (Å²) in [6, 6.07) is 29.7. The quantitative estimate of drug-likeness (QED) is 0.447. The molecular formula is C25H16N6. The maximum absolute atomic E-state index is 4.80. The van der Waals surface area contributed by atoms with Crippen molar-refractivity contribution >= 4 is 28.5 Å². The lowest BCUT2D eigenvalue weighted by molar-refractivity contribution is 1.13. The van der Waals surface area contributed by atoms with E-state index in [-0.39, 0.29) is 0 Å². The predicted molar refractivity (Wildman–Crippen MR) is 122 cm³/mol. The fourth-order valence-electron chi connectivity index (χ4n) is 3.60. The van der Waals surface area contributed by atoms with Gasteiger partial charge in [-0.15, -0.1) is 0 Å². The van der Waals surface area contributed by atoms with Crippen LogP contribution >= 0.6 is 0 Å². The van der Waals surface area contributed by atoms with Gasteiger partial charge in [-0.2, -0.15) is 0 Å². The summed E-state index contributed by atoms with van der Waals surface area (Å²) in [4.78, 5) is 23.9. The first-order valence-electron chi connectivity index (χ1n) is 9.97. The molecule has 0 bridgehead atoms. The Bertz CT molecular complexity index is 1430. The van der Waals surface area contributed by atoms with E-state index in [0.717, 1.165) is 22.1 Å². The minimum atomic E-state index is 0.566. The Kier molecular flexibility index (Phi) is 3.99. The topological polar surface area (TPSA) is 76.0 Å². The molecule has 5 aromatic rings. The number of nitrogens with zero attached hydrogens (tertiary/aromatic N) is 5. The highest BCUT2D eigenvalue weighted by Crippen LogP contribution is 2.35. The van der Waals surface area contributed by atoms with Gasteiger partial charge in [0, 0.05) is 16.7 Å². The summed E-state index contributed by atoms with van der Waals surface area (Å²) in [5, 5.41) is 4.09. The second-order valence-corrected chi connectivity index (χ2v) is 7.15. The molecule has 0 fully saturated rings. The van der Waals surface area contributed by atoms with Crippen molar-refractivity contribution in [2.75, 3.05) is 5.32 Å². The van der Waals surface area contributed by atoms with Gasteiger partial charge in [-0.3, -0.25) is 0 Å². The van der Waals surface area contributed by atoms with Crippen molar-refractivity contribution in [3.05, 3.63) is 96.6 Å². The Morgan fingerprint density at radius 2 is 1.03 bits per heavy atom. The smallest absolute Gasteiger partial charge is 0.171 e. The molecule has 0 spiro atoms. The number of aliphatic imine (C=N–C) groups is 1. The van der Waals surface area contributed by atoms with Crippen molar-refractivity contribution in [2.45, 2.75) is 0 Å². The van der Waals surface area contributed by atoms with E-state index >= 15 is 0 Å². The van der Waals surface area contributed by atoms with Gasteiger partial charge in [-0.25, -0.2) is 24.9 Å². The second kappa shape index (κ2) is 7.11. The van der Waals surface area contributed by atoms with Crippen LogP contribution in [0.4, 0.5) is 11.6 Å². The molecule has 1 N–H and O–H groups in total. The van der Waals surface area contributed by atoms with Crippen LogP contribution in [0.15, 0.2) is 96.0 Å². The fourth-order valence-corrected chi connectivity index (χ4v) is 3.60. The highest BCUT2D eigenvalue weighted by atomic mass is 15.2. The summed E-state index contributed by atoms with van der Waals surface area (Å²) >= 11 is 0. The molecule has 1 aliphatic rings. The molecule has 2 aromatic heterocycles. The molecule has 6 heteroatoms. The summed E-state index contributed by atoms with van der Waals surface area (Å²) in [5.74, 6) is 3.12. The van der Waals surface area contributed by atoms with Crippen LogP contribution in [0.5, 0.6) is 0 Å². The number of hydrogen-bond donors (Lipinski definition) is 1. The van der Waals surface area contributed by atoms with Gasteiger partial charge >= 0.3 is 0 Å². The molecule has 0 atom stereocenters. The maximum Gasteiger partial charge on any atom is 0.171 e. The number of anilines is 1. The lowest BCUT2D eigenvalue weighted by atomic mass is 10.1. The summed E-state index contributed by atoms with van der Waals surface area (Å²) in [6.45, 7) is 0. The van der Waals surface area contributed by atoms with Crippen LogP contribution < -0.4 is 5.32 Å². The van der Waals surface area contributed by atoms with Gasteiger partial charge in [0.1, 0.15) is 17.0 Å². The van der Waals surface area contributed by atoms with Gasteiger partial charge in [0.05, 0.1) is 0 Å². The van der Waals surface area contributed by atoms with Crippen molar-refractivity contribution in [2.24, 2.45) is 4.99 Å². The van der Waals surface area contributed by atoms with E-state index in [4.69, 9.17) is 24.9 Å². The molecule has 0 aliphatic carbocycles. The number of hydrogen-bond acceptors (Lipinski definition) is 6. The van der Waals surface area contributed by atoms with Crippen molar-refractivity contribution in [3.8, 4) is 22.8 Å². The third-order valence-corrected chi connectivity index (χ3v) is 5.10. The zero-order chi connectivity index (χ0) is 20.6. The van der Waals surface area contributed by atoms with E-state index in [2.05, 4.69) is 5.32 Å². The number of amidine groups is 1. The van der Waals surface area contributed by atoms with Crippen molar-refractivity contribution in [1.82, 2.24) is 19.9 Å². The average Bonchev–Trinajstić information content (AvgIpc) is 2.85. The van der Waals surface area contributed by atoms with Gasteiger partial charge in [-0.05, 0) is 0 Å². The predicted octanol–water partition coefficient (Wildman–Crippen LogP) is 5.26. The Morgan fingerprint density at radius 3 is 1.61 bits per heavy atom. The van der Waals surface area contributed by atoms with Gasteiger partial charge < -0.3 is 5.32 Å². The SMILES string of the molecule is c1ccc(C2=Nc3nc(-c4ccccc4)nc4nc(-c5ccccc5)nc(c34)N2)cc1. The Morgan fingerprint density at radius 1 is 0.516 bits per heavy atom. The minimum absolute atomic E-state index is 0.566. The summed E-state index contributed by atoms with van der Waals surface area (Å²) in [5.41, 5.74) is 3.36. The summed E-state index contributed by atoms with van der Waals surface area (Å²) in [6.07, 6.45) is 0. The third kappa shape index (κ3) is 3.11. The largest absolute Gasteiger partial charge is 0.324 e. The normalized spacial score (nSPS) is 12.3. The standard InChI is InChI=1S/C25H16N6/c1-4-10-16(11-5-1)20-26-23-19-24(27-20)29-22(18-14-8-3-9-15-18)31-25(19)30-21(28-23)17-12-6-2-7-13-17/h1-15H,(H,26,27,28,29,30,31). The number of aromatic nitrogens is 4. The first-order valence-corrected chi connectivity index (χ1v) is 9.97. The Hall–Kier alpha value is -4.45. The first kappa shape index (κ1) is 17.4. The number of nitrogens with one attached hydrogen (secondary N) is 1. The number of rotatable bonds is 3. The van der Waals surface area contributed by atoms with Gasteiger partial charge in [0.2, 0.25) is 0 Å².